The Morgan fingerprint density at radius 1 is 1.00 bits per heavy atom. The third-order valence-electron chi connectivity index (χ3n) is 2.36. The van der Waals surface area contributed by atoms with Gasteiger partial charge in [-0.1, -0.05) is 0 Å². The minimum Gasteiger partial charge on any atom is -0.298 e. The fourth-order valence-electron chi connectivity index (χ4n) is 1.47. The lowest BCUT2D eigenvalue weighted by Gasteiger charge is -2.33. The maximum Gasteiger partial charge on any atom is 0.151 e. The van der Waals surface area contributed by atoms with Crippen LogP contribution in [0.25, 0.3) is 0 Å². The van der Waals surface area contributed by atoms with Gasteiger partial charge in [-0.2, -0.15) is 0 Å². The van der Waals surface area contributed by atoms with Crippen molar-refractivity contribution < 1.29 is 9.59 Å². The van der Waals surface area contributed by atoms with Crippen LogP contribution in [0.15, 0.2) is 0 Å². The molecule has 0 aromatic rings. The summed E-state index contributed by atoms with van der Waals surface area (Å²) in [6, 6.07) is 0. The van der Waals surface area contributed by atoms with Crippen LogP contribution in [-0.4, -0.2) is 23.3 Å². The summed E-state index contributed by atoms with van der Waals surface area (Å²) in [6.45, 7) is 0. The number of hydrogen-bond donors (Lipinski definition) is 0. The number of carbonyl (C=O) groups excluding carboxylic acids is 2. The minimum absolute atomic E-state index is 0.0106. The topological polar surface area (TPSA) is 34.1 Å². The van der Waals surface area contributed by atoms with Crippen molar-refractivity contribution in [3.63, 3.8) is 0 Å². The van der Waals surface area contributed by atoms with Crippen molar-refractivity contribution in [2.45, 2.75) is 12.8 Å². The number of rotatable bonds is 4. The van der Waals surface area contributed by atoms with Crippen LogP contribution >= 0.6 is 23.2 Å². The molecule has 1 saturated carbocycles. The molecule has 0 aromatic heterocycles. The van der Waals surface area contributed by atoms with Crippen molar-refractivity contribution in [2.75, 3.05) is 11.8 Å². The second-order valence-corrected chi connectivity index (χ2v) is 3.52. The Kier molecular flexibility index (Phi) is 3.53. The molecule has 0 N–H and O–H groups in total. The van der Waals surface area contributed by atoms with Crippen molar-refractivity contribution in [1.29, 1.82) is 0 Å². The Balaban J connectivity index is 2.49. The molecule has 0 amide bonds. The number of ketones is 2. The van der Waals surface area contributed by atoms with Crippen molar-refractivity contribution >= 4 is 34.8 Å². The highest BCUT2D eigenvalue weighted by molar-refractivity contribution is 6.29. The van der Waals surface area contributed by atoms with Crippen molar-refractivity contribution in [3.05, 3.63) is 0 Å². The van der Waals surface area contributed by atoms with Gasteiger partial charge < -0.3 is 0 Å². The van der Waals surface area contributed by atoms with Gasteiger partial charge in [-0.15, -0.1) is 23.2 Å². The van der Waals surface area contributed by atoms with Crippen LogP contribution in [0.1, 0.15) is 12.8 Å². The van der Waals surface area contributed by atoms with Gasteiger partial charge in [0.1, 0.15) is 0 Å². The van der Waals surface area contributed by atoms with E-state index in [0.29, 0.717) is 0 Å². The second-order valence-electron chi connectivity index (χ2n) is 2.99. The van der Waals surface area contributed by atoms with Gasteiger partial charge in [0.25, 0.3) is 0 Å². The van der Waals surface area contributed by atoms with E-state index in [1.807, 2.05) is 0 Å². The molecule has 12 heavy (non-hydrogen) atoms. The van der Waals surface area contributed by atoms with Crippen molar-refractivity contribution in [2.24, 2.45) is 11.8 Å². The molecule has 0 heterocycles. The van der Waals surface area contributed by atoms with Gasteiger partial charge >= 0.3 is 0 Å². The highest BCUT2D eigenvalue weighted by atomic mass is 35.5. The number of hydrogen-bond acceptors (Lipinski definition) is 2. The number of halogens is 2. The minimum atomic E-state index is -0.145. The predicted octanol–water partition coefficient (Wildman–Crippen LogP) is 1.63. The summed E-state index contributed by atoms with van der Waals surface area (Å²) < 4.78 is 0. The molecule has 4 heteroatoms. The first-order valence-electron chi connectivity index (χ1n) is 3.88. The lowest BCUT2D eigenvalue weighted by Crippen LogP contribution is -2.39. The van der Waals surface area contributed by atoms with Gasteiger partial charge in [-0.25, -0.2) is 0 Å². The van der Waals surface area contributed by atoms with E-state index >= 15 is 0 Å². The molecule has 2 nitrogen and oxygen atoms in total. The SMILES string of the molecule is O=C(CCl)C1CCC1C(=O)CCl. The zero-order valence-corrected chi connectivity index (χ0v) is 8.07. The van der Waals surface area contributed by atoms with E-state index < -0.39 is 0 Å². The van der Waals surface area contributed by atoms with E-state index in [4.69, 9.17) is 23.2 Å². The van der Waals surface area contributed by atoms with Crippen LogP contribution in [0.5, 0.6) is 0 Å². The third-order valence-corrected chi connectivity index (χ3v) is 2.89. The molecule has 1 fully saturated rings. The van der Waals surface area contributed by atoms with Crippen LogP contribution in [0.3, 0.4) is 0 Å². The Hall–Kier alpha value is -0.0800. The first kappa shape index (κ1) is 10.0. The van der Waals surface area contributed by atoms with Gasteiger partial charge in [0.15, 0.2) is 11.6 Å². The molecule has 1 aliphatic carbocycles. The van der Waals surface area contributed by atoms with Crippen LogP contribution in [0, 0.1) is 11.8 Å². The summed E-state index contributed by atoms with van der Waals surface area (Å²) in [5.74, 6) is -0.312. The average molecular weight is 209 g/mol. The molecule has 2 unspecified atom stereocenters. The Morgan fingerprint density at radius 2 is 1.33 bits per heavy atom. The molecule has 0 spiro atoms. The maximum absolute atomic E-state index is 11.1. The summed E-state index contributed by atoms with van der Waals surface area (Å²) in [5, 5.41) is 0. The Bertz CT molecular complexity index is 181. The van der Waals surface area contributed by atoms with E-state index in [9.17, 15) is 9.59 Å². The standard InChI is InChI=1S/C8H10Cl2O2/c9-3-7(11)5-1-2-6(5)8(12)4-10/h5-6H,1-4H2. The average Bonchev–Trinajstić information content (AvgIpc) is 2.02. The molecule has 0 aromatic carbocycles. The molecule has 68 valence electrons. The van der Waals surface area contributed by atoms with Crippen molar-refractivity contribution in [1.82, 2.24) is 0 Å². The van der Waals surface area contributed by atoms with E-state index in [2.05, 4.69) is 0 Å². The van der Waals surface area contributed by atoms with Crippen molar-refractivity contribution in [3.8, 4) is 0 Å². The number of Topliss-reactive ketones (excluding diaryl/α,β-unsaturated/α-hetero) is 2. The molecule has 0 saturated heterocycles. The smallest absolute Gasteiger partial charge is 0.151 e. The summed E-state index contributed by atoms with van der Waals surface area (Å²) in [6.07, 6.45) is 1.58. The van der Waals surface area contributed by atoms with Gasteiger partial charge in [-0.05, 0) is 12.8 Å². The second kappa shape index (κ2) is 4.24. The van der Waals surface area contributed by atoms with Gasteiger partial charge in [0, 0.05) is 11.8 Å². The lowest BCUT2D eigenvalue weighted by atomic mass is 9.70. The first-order valence-corrected chi connectivity index (χ1v) is 4.95. The van der Waals surface area contributed by atoms with Crippen LogP contribution in [0.2, 0.25) is 0 Å². The summed E-state index contributed by atoms with van der Waals surface area (Å²) in [4.78, 5) is 22.2. The van der Waals surface area contributed by atoms with Crippen LogP contribution < -0.4 is 0 Å². The van der Waals surface area contributed by atoms with E-state index in [1.54, 1.807) is 0 Å². The molecule has 0 aliphatic heterocycles. The predicted molar refractivity (Wildman–Crippen MR) is 47.7 cm³/mol. The molecular weight excluding hydrogens is 199 g/mol. The molecule has 2 atom stereocenters. The van der Waals surface area contributed by atoms with E-state index in [1.165, 1.54) is 0 Å². The molecule has 1 aliphatic rings. The fourth-order valence-corrected chi connectivity index (χ4v) is 1.87. The number of alkyl halides is 2. The highest BCUT2D eigenvalue weighted by Crippen LogP contribution is 2.36. The van der Waals surface area contributed by atoms with Crippen LogP contribution in [-0.2, 0) is 9.59 Å². The normalized spacial score (nSPS) is 27.8. The third kappa shape index (κ3) is 1.80. The molecular formula is C8H10Cl2O2. The summed E-state index contributed by atoms with van der Waals surface area (Å²) in [5.41, 5.74) is 0. The first-order chi connectivity index (χ1) is 5.70. The quantitative estimate of drug-likeness (QED) is 0.659. The van der Waals surface area contributed by atoms with Gasteiger partial charge in [0.2, 0.25) is 0 Å². The highest BCUT2D eigenvalue weighted by Gasteiger charge is 2.39. The monoisotopic (exact) mass is 208 g/mol. The molecule has 1 rings (SSSR count). The molecule has 0 bridgehead atoms. The van der Waals surface area contributed by atoms with Crippen LogP contribution in [0.4, 0.5) is 0 Å². The Morgan fingerprint density at radius 3 is 1.50 bits per heavy atom. The van der Waals surface area contributed by atoms with Gasteiger partial charge in [-0.3, -0.25) is 9.59 Å². The fraction of sp³-hybridized carbons (Fsp3) is 0.750. The summed E-state index contributed by atoms with van der Waals surface area (Å²) >= 11 is 10.8. The van der Waals surface area contributed by atoms with Gasteiger partial charge in [0.05, 0.1) is 11.8 Å². The lowest BCUT2D eigenvalue weighted by molar-refractivity contribution is -0.135. The zero-order chi connectivity index (χ0) is 9.14. The number of carbonyl (C=O) groups is 2. The zero-order valence-electron chi connectivity index (χ0n) is 6.56. The van der Waals surface area contributed by atoms with E-state index in [-0.39, 0.29) is 35.2 Å². The summed E-state index contributed by atoms with van der Waals surface area (Å²) in [7, 11) is 0. The maximum atomic E-state index is 11.1. The largest absolute Gasteiger partial charge is 0.298 e. The Labute approximate surface area is 81.2 Å². The molecule has 0 radical (unpaired) electrons. The van der Waals surface area contributed by atoms with E-state index in [0.717, 1.165) is 12.8 Å².